The van der Waals surface area contributed by atoms with E-state index in [4.69, 9.17) is 0 Å². The fourth-order valence-electron chi connectivity index (χ4n) is 4.87. The maximum absolute atomic E-state index is 12.6. The van der Waals surface area contributed by atoms with E-state index in [0.29, 0.717) is 0 Å². The lowest BCUT2D eigenvalue weighted by atomic mass is 9.86. The fourth-order valence-corrected chi connectivity index (χ4v) is 6.07. The summed E-state index contributed by atoms with van der Waals surface area (Å²) in [6.07, 6.45) is 6.81. The van der Waals surface area contributed by atoms with E-state index >= 15 is 0 Å². The van der Waals surface area contributed by atoms with Crippen molar-refractivity contribution >= 4 is 27.5 Å². The predicted octanol–water partition coefficient (Wildman–Crippen LogP) is 4.17. The standard InChI is InChI=1S/C19H25N3OS/c1-10-16-11(2)21-12(3)22-19(16)24-17(10)18(23)20-7-6-15-9-13-4-5-14(15)8-13/h13-15H,4-9H2,1-3H3,(H,20,23). The molecule has 4 nitrogen and oxygen atoms in total. The van der Waals surface area contributed by atoms with Crippen molar-refractivity contribution in [1.29, 1.82) is 0 Å². The van der Waals surface area contributed by atoms with Crippen molar-refractivity contribution in [2.24, 2.45) is 17.8 Å². The number of nitrogens with one attached hydrogen (secondary N) is 1. The van der Waals surface area contributed by atoms with E-state index < -0.39 is 0 Å². The summed E-state index contributed by atoms with van der Waals surface area (Å²) in [5, 5.41) is 4.19. The van der Waals surface area contributed by atoms with Gasteiger partial charge in [-0.05, 0) is 69.8 Å². The molecule has 0 radical (unpaired) electrons. The number of nitrogens with zero attached hydrogens (tertiary/aromatic N) is 2. The maximum Gasteiger partial charge on any atom is 0.261 e. The van der Waals surface area contributed by atoms with Gasteiger partial charge in [0.25, 0.3) is 5.91 Å². The Balaban J connectivity index is 1.44. The molecule has 128 valence electrons. The number of hydrogen-bond acceptors (Lipinski definition) is 4. The van der Waals surface area contributed by atoms with Crippen molar-refractivity contribution in [3.05, 3.63) is 22.0 Å². The van der Waals surface area contributed by atoms with Crippen molar-refractivity contribution in [3.8, 4) is 0 Å². The van der Waals surface area contributed by atoms with Gasteiger partial charge in [0.1, 0.15) is 10.7 Å². The molecule has 0 saturated heterocycles. The molecule has 0 spiro atoms. The molecule has 2 bridgehead atoms. The highest BCUT2D eigenvalue weighted by Crippen LogP contribution is 2.49. The van der Waals surface area contributed by atoms with Gasteiger partial charge in [0, 0.05) is 17.6 Å². The number of carbonyl (C=O) groups is 1. The van der Waals surface area contributed by atoms with Crippen LogP contribution in [-0.4, -0.2) is 22.4 Å². The first-order chi connectivity index (χ1) is 11.5. The van der Waals surface area contributed by atoms with E-state index in [1.165, 1.54) is 37.0 Å². The molecule has 2 aliphatic rings. The van der Waals surface area contributed by atoms with E-state index in [1.807, 2.05) is 20.8 Å². The Labute approximate surface area is 147 Å². The van der Waals surface area contributed by atoms with Gasteiger partial charge in [-0.3, -0.25) is 4.79 Å². The first-order valence-corrected chi connectivity index (χ1v) is 9.87. The monoisotopic (exact) mass is 343 g/mol. The minimum Gasteiger partial charge on any atom is -0.351 e. The van der Waals surface area contributed by atoms with E-state index in [0.717, 1.165) is 62.9 Å². The highest BCUT2D eigenvalue weighted by molar-refractivity contribution is 7.20. The van der Waals surface area contributed by atoms with Gasteiger partial charge in [-0.15, -0.1) is 11.3 Å². The van der Waals surface area contributed by atoms with Gasteiger partial charge >= 0.3 is 0 Å². The van der Waals surface area contributed by atoms with Gasteiger partial charge in [0.2, 0.25) is 0 Å². The van der Waals surface area contributed by atoms with E-state index in [-0.39, 0.29) is 5.91 Å². The van der Waals surface area contributed by atoms with Crippen LogP contribution in [0, 0.1) is 38.5 Å². The van der Waals surface area contributed by atoms with Crippen molar-refractivity contribution in [2.75, 3.05) is 6.54 Å². The molecule has 2 aromatic heterocycles. The minimum absolute atomic E-state index is 0.0516. The Hall–Kier alpha value is -1.49. The van der Waals surface area contributed by atoms with E-state index in [1.54, 1.807) is 0 Å². The van der Waals surface area contributed by atoms with Crippen molar-refractivity contribution in [1.82, 2.24) is 15.3 Å². The summed E-state index contributed by atoms with van der Waals surface area (Å²) < 4.78 is 0. The third-order valence-corrected chi connectivity index (χ3v) is 7.16. The van der Waals surface area contributed by atoms with Crippen LogP contribution in [-0.2, 0) is 0 Å². The third kappa shape index (κ3) is 2.73. The van der Waals surface area contributed by atoms with Crippen LogP contribution in [0.25, 0.3) is 10.2 Å². The van der Waals surface area contributed by atoms with Crippen molar-refractivity contribution < 1.29 is 4.79 Å². The molecular weight excluding hydrogens is 318 g/mol. The summed E-state index contributed by atoms with van der Waals surface area (Å²) in [6, 6.07) is 0. The maximum atomic E-state index is 12.6. The zero-order chi connectivity index (χ0) is 16.8. The molecule has 2 aromatic rings. The Morgan fingerprint density at radius 1 is 1.21 bits per heavy atom. The van der Waals surface area contributed by atoms with E-state index in [9.17, 15) is 4.79 Å². The Kier molecular flexibility index (Phi) is 4.07. The molecular formula is C19H25N3OS. The molecule has 4 rings (SSSR count). The average molecular weight is 343 g/mol. The minimum atomic E-state index is 0.0516. The lowest BCUT2D eigenvalue weighted by Crippen LogP contribution is -2.26. The van der Waals surface area contributed by atoms with Gasteiger partial charge in [-0.2, -0.15) is 0 Å². The quantitative estimate of drug-likeness (QED) is 0.906. The molecule has 24 heavy (non-hydrogen) atoms. The van der Waals surface area contributed by atoms with Crippen LogP contribution in [0.15, 0.2) is 0 Å². The second-order valence-electron chi connectivity index (χ2n) is 7.57. The SMILES string of the molecule is Cc1nc(C)c2c(C)c(C(=O)NCCC3CC4CCC3C4)sc2n1. The summed E-state index contributed by atoms with van der Waals surface area (Å²) in [6.45, 7) is 6.70. The molecule has 3 unspecified atom stereocenters. The number of aromatic nitrogens is 2. The molecule has 2 aliphatic carbocycles. The average Bonchev–Trinajstić information content (AvgIpc) is 3.21. The molecule has 2 heterocycles. The van der Waals surface area contributed by atoms with Gasteiger partial charge < -0.3 is 5.32 Å². The second kappa shape index (κ2) is 6.10. The number of carbonyl (C=O) groups excluding carboxylic acids is 1. The van der Waals surface area contributed by atoms with Gasteiger partial charge in [-0.1, -0.05) is 6.42 Å². The highest BCUT2D eigenvalue weighted by Gasteiger charge is 2.38. The Bertz CT molecular complexity index is 797. The van der Waals surface area contributed by atoms with Crippen LogP contribution in [0.4, 0.5) is 0 Å². The van der Waals surface area contributed by atoms with Crippen LogP contribution >= 0.6 is 11.3 Å². The molecule has 1 amide bonds. The van der Waals surface area contributed by atoms with Crippen LogP contribution in [0.2, 0.25) is 0 Å². The summed E-state index contributed by atoms with van der Waals surface area (Å²) >= 11 is 1.49. The molecule has 5 heteroatoms. The summed E-state index contributed by atoms with van der Waals surface area (Å²) in [5.74, 6) is 3.56. The third-order valence-electron chi connectivity index (χ3n) is 5.97. The molecule has 0 aromatic carbocycles. The molecule has 2 fully saturated rings. The predicted molar refractivity (Wildman–Crippen MR) is 97.5 cm³/mol. The Morgan fingerprint density at radius 2 is 2.04 bits per heavy atom. The number of aryl methyl sites for hydroxylation is 3. The van der Waals surface area contributed by atoms with Crippen LogP contribution in [0.1, 0.15) is 58.9 Å². The number of fused-ring (bicyclic) bond motifs is 3. The van der Waals surface area contributed by atoms with Gasteiger partial charge in [-0.25, -0.2) is 9.97 Å². The summed E-state index contributed by atoms with van der Waals surface area (Å²) in [4.78, 5) is 23.3. The Morgan fingerprint density at radius 3 is 2.75 bits per heavy atom. The van der Waals surface area contributed by atoms with Crippen LogP contribution in [0.3, 0.4) is 0 Å². The summed E-state index contributed by atoms with van der Waals surface area (Å²) in [7, 11) is 0. The summed E-state index contributed by atoms with van der Waals surface area (Å²) in [5.41, 5.74) is 1.98. The van der Waals surface area contributed by atoms with Gasteiger partial charge in [0.05, 0.1) is 4.88 Å². The lowest BCUT2D eigenvalue weighted by Gasteiger charge is -2.21. The fraction of sp³-hybridized carbons (Fsp3) is 0.632. The highest BCUT2D eigenvalue weighted by atomic mass is 32.1. The molecule has 2 saturated carbocycles. The first kappa shape index (κ1) is 16.0. The number of amides is 1. The topological polar surface area (TPSA) is 54.9 Å². The van der Waals surface area contributed by atoms with Crippen molar-refractivity contribution in [3.63, 3.8) is 0 Å². The molecule has 3 atom stereocenters. The first-order valence-electron chi connectivity index (χ1n) is 9.05. The molecule has 1 N–H and O–H groups in total. The largest absolute Gasteiger partial charge is 0.351 e. The number of thiophene rings is 1. The van der Waals surface area contributed by atoms with Crippen LogP contribution < -0.4 is 5.32 Å². The second-order valence-corrected chi connectivity index (χ2v) is 8.57. The zero-order valence-corrected chi connectivity index (χ0v) is 15.5. The molecule has 0 aliphatic heterocycles. The normalized spacial score (nSPS) is 25.5. The van der Waals surface area contributed by atoms with Crippen molar-refractivity contribution in [2.45, 2.75) is 52.9 Å². The lowest BCUT2D eigenvalue weighted by molar-refractivity contribution is 0.0953. The van der Waals surface area contributed by atoms with Crippen LogP contribution in [0.5, 0.6) is 0 Å². The number of hydrogen-bond donors (Lipinski definition) is 1. The van der Waals surface area contributed by atoms with Gasteiger partial charge in [0.15, 0.2) is 0 Å². The smallest absolute Gasteiger partial charge is 0.261 e. The van der Waals surface area contributed by atoms with E-state index in [2.05, 4.69) is 15.3 Å². The zero-order valence-electron chi connectivity index (χ0n) is 14.7. The number of rotatable bonds is 4.